The fraction of sp³-hybridized carbons (Fsp3) is 0.304. The van der Waals surface area contributed by atoms with Crippen molar-refractivity contribution in [2.45, 2.75) is 37.8 Å². The minimum Gasteiger partial charge on any atom is -0.497 e. The van der Waals surface area contributed by atoms with E-state index in [0.29, 0.717) is 12.1 Å². The van der Waals surface area contributed by atoms with Crippen LogP contribution in [-0.2, 0) is 12.1 Å². The first-order valence-electron chi connectivity index (χ1n) is 9.72. The molecular weight excluding hydrogens is 350 g/mol. The highest BCUT2D eigenvalue weighted by Gasteiger charge is 2.37. The van der Waals surface area contributed by atoms with Gasteiger partial charge in [-0.15, -0.1) is 0 Å². The van der Waals surface area contributed by atoms with Crippen molar-refractivity contribution in [3.05, 3.63) is 83.7 Å². The summed E-state index contributed by atoms with van der Waals surface area (Å²) in [6.45, 7) is 0.697. The van der Waals surface area contributed by atoms with E-state index in [2.05, 4.69) is 16.5 Å². The number of aromatic nitrogens is 2. The molecule has 0 atom stereocenters. The molecule has 3 aromatic rings. The van der Waals surface area contributed by atoms with Crippen molar-refractivity contribution >= 4 is 5.91 Å². The predicted molar refractivity (Wildman–Crippen MR) is 108 cm³/mol. The topological polar surface area (TPSA) is 56.1 Å². The zero-order chi connectivity index (χ0) is 19.4. The maximum absolute atomic E-state index is 13.0. The number of nitrogens with one attached hydrogen (secondary N) is 1. The first-order chi connectivity index (χ1) is 13.7. The van der Waals surface area contributed by atoms with Gasteiger partial charge in [0.05, 0.1) is 19.2 Å². The van der Waals surface area contributed by atoms with E-state index in [1.54, 1.807) is 13.3 Å². The van der Waals surface area contributed by atoms with Crippen LogP contribution in [-0.4, -0.2) is 22.8 Å². The fourth-order valence-corrected chi connectivity index (χ4v) is 4.02. The molecule has 1 aliphatic rings. The number of carbonyl (C=O) groups excluding carboxylic acids is 1. The molecule has 0 radical (unpaired) electrons. The molecule has 0 bridgehead atoms. The monoisotopic (exact) mass is 375 g/mol. The number of rotatable bonds is 6. The summed E-state index contributed by atoms with van der Waals surface area (Å²) in [5, 5.41) is 7.55. The Morgan fingerprint density at radius 1 is 1.14 bits per heavy atom. The van der Waals surface area contributed by atoms with Gasteiger partial charge in [-0.05, 0) is 54.3 Å². The largest absolute Gasteiger partial charge is 0.497 e. The standard InChI is InChI=1S/C23H25N3O2/c1-28-21-7-4-6-20(16-21)23(12-2-3-13-23)25-22(27)19-10-8-18(9-11-19)17-26-15-5-14-24-26/h4-11,14-16H,2-3,12-13,17H2,1H3,(H,25,27). The van der Waals surface area contributed by atoms with Crippen molar-refractivity contribution in [3.8, 4) is 5.75 Å². The minimum atomic E-state index is -0.320. The Kier molecular flexibility index (Phi) is 5.15. The second-order valence-electron chi connectivity index (χ2n) is 7.38. The molecule has 0 aliphatic heterocycles. The summed E-state index contributed by atoms with van der Waals surface area (Å²) < 4.78 is 7.25. The lowest BCUT2D eigenvalue weighted by molar-refractivity contribution is 0.0898. The maximum atomic E-state index is 13.0. The van der Waals surface area contributed by atoms with Crippen molar-refractivity contribution in [1.82, 2.24) is 15.1 Å². The van der Waals surface area contributed by atoms with Crippen LogP contribution in [0.3, 0.4) is 0 Å². The van der Waals surface area contributed by atoms with E-state index in [9.17, 15) is 4.79 Å². The van der Waals surface area contributed by atoms with Crippen LogP contribution in [0.2, 0.25) is 0 Å². The smallest absolute Gasteiger partial charge is 0.251 e. The lowest BCUT2D eigenvalue weighted by atomic mass is 9.87. The van der Waals surface area contributed by atoms with Crippen molar-refractivity contribution in [3.63, 3.8) is 0 Å². The van der Waals surface area contributed by atoms with Gasteiger partial charge in [0.1, 0.15) is 5.75 Å². The summed E-state index contributed by atoms with van der Waals surface area (Å²) in [5.41, 5.74) is 2.59. The van der Waals surface area contributed by atoms with Crippen LogP contribution < -0.4 is 10.1 Å². The third-order valence-electron chi connectivity index (χ3n) is 5.55. The van der Waals surface area contributed by atoms with Crippen molar-refractivity contribution in [2.75, 3.05) is 7.11 Å². The Hall–Kier alpha value is -3.08. The van der Waals surface area contributed by atoms with E-state index in [0.717, 1.165) is 42.6 Å². The molecule has 28 heavy (non-hydrogen) atoms. The molecule has 2 aromatic carbocycles. The normalized spacial score (nSPS) is 15.3. The van der Waals surface area contributed by atoms with Gasteiger partial charge in [0.2, 0.25) is 0 Å². The molecule has 4 rings (SSSR count). The molecule has 1 heterocycles. The Morgan fingerprint density at radius 2 is 1.93 bits per heavy atom. The molecule has 1 N–H and O–H groups in total. The molecular formula is C23H25N3O2. The predicted octanol–water partition coefficient (Wildman–Crippen LogP) is 4.14. The summed E-state index contributed by atoms with van der Waals surface area (Å²) >= 11 is 0. The quantitative estimate of drug-likeness (QED) is 0.704. The zero-order valence-corrected chi connectivity index (χ0v) is 16.1. The third kappa shape index (κ3) is 3.79. The third-order valence-corrected chi connectivity index (χ3v) is 5.55. The zero-order valence-electron chi connectivity index (χ0n) is 16.1. The van der Waals surface area contributed by atoms with Crippen LogP contribution in [0.15, 0.2) is 67.0 Å². The first kappa shape index (κ1) is 18.3. The summed E-state index contributed by atoms with van der Waals surface area (Å²) in [6, 6.07) is 17.7. The van der Waals surface area contributed by atoms with Crippen LogP contribution in [0, 0.1) is 0 Å². The van der Waals surface area contributed by atoms with E-state index < -0.39 is 0 Å². The molecule has 1 aromatic heterocycles. The van der Waals surface area contributed by atoms with E-state index >= 15 is 0 Å². The summed E-state index contributed by atoms with van der Waals surface area (Å²) in [4.78, 5) is 13.0. The molecule has 0 spiro atoms. The second-order valence-corrected chi connectivity index (χ2v) is 7.38. The number of hydrogen-bond acceptors (Lipinski definition) is 3. The summed E-state index contributed by atoms with van der Waals surface area (Å²) in [6.07, 6.45) is 7.81. The first-order valence-corrected chi connectivity index (χ1v) is 9.72. The highest BCUT2D eigenvalue weighted by Crippen LogP contribution is 2.40. The van der Waals surface area contributed by atoms with E-state index in [4.69, 9.17) is 4.74 Å². The fourth-order valence-electron chi connectivity index (χ4n) is 4.02. The lowest BCUT2D eigenvalue weighted by Gasteiger charge is -2.31. The SMILES string of the molecule is COc1cccc(C2(NC(=O)c3ccc(Cn4cccn4)cc3)CCCC2)c1. The van der Waals surface area contributed by atoms with Crippen LogP contribution >= 0.6 is 0 Å². The molecule has 144 valence electrons. The molecule has 1 aliphatic carbocycles. The van der Waals surface area contributed by atoms with Crippen molar-refractivity contribution < 1.29 is 9.53 Å². The van der Waals surface area contributed by atoms with Gasteiger partial charge in [0.25, 0.3) is 5.91 Å². The van der Waals surface area contributed by atoms with Gasteiger partial charge in [0.15, 0.2) is 0 Å². The summed E-state index contributed by atoms with van der Waals surface area (Å²) in [5.74, 6) is 0.788. The Balaban J connectivity index is 1.52. The number of benzene rings is 2. The molecule has 5 nitrogen and oxygen atoms in total. The van der Waals surface area contributed by atoms with Gasteiger partial charge in [-0.3, -0.25) is 9.48 Å². The van der Waals surface area contributed by atoms with Gasteiger partial charge in [-0.1, -0.05) is 37.1 Å². The average Bonchev–Trinajstić information content (AvgIpc) is 3.41. The molecule has 1 saturated carbocycles. The number of nitrogens with zero attached hydrogens (tertiary/aromatic N) is 2. The molecule has 5 heteroatoms. The minimum absolute atomic E-state index is 0.0321. The van der Waals surface area contributed by atoms with Gasteiger partial charge in [0, 0.05) is 18.0 Å². The highest BCUT2D eigenvalue weighted by molar-refractivity contribution is 5.94. The Bertz CT molecular complexity index is 927. The molecule has 1 amide bonds. The van der Waals surface area contributed by atoms with Crippen LogP contribution in [0.4, 0.5) is 0 Å². The van der Waals surface area contributed by atoms with Gasteiger partial charge >= 0.3 is 0 Å². The number of ether oxygens (including phenoxy) is 1. The van der Waals surface area contributed by atoms with Crippen molar-refractivity contribution in [1.29, 1.82) is 0 Å². The number of amides is 1. The van der Waals surface area contributed by atoms with E-state index in [-0.39, 0.29) is 11.4 Å². The van der Waals surface area contributed by atoms with Crippen LogP contribution in [0.5, 0.6) is 5.75 Å². The molecule has 0 unspecified atom stereocenters. The van der Waals surface area contributed by atoms with Gasteiger partial charge in [-0.2, -0.15) is 5.10 Å². The molecule has 1 fully saturated rings. The lowest BCUT2D eigenvalue weighted by Crippen LogP contribution is -2.43. The second kappa shape index (κ2) is 7.89. The Morgan fingerprint density at radius 3 is 2.61 bits per heavy atom. The van der Waals surface area contributed by atoms with Crippen molar-refractivity contribution in [2.24, 2.45) is 0 Å². The van der Waals surface area contributed by atoms with Crippen LogP contribution in [0.25, 0.3) is 0 Å². The van der Waals surface area contributed by atoms with Gasteiger partial charge in [-0.25, -0.2) is 0 Å². The summed E-state index contributed by atoms with van der Waals surface area (Å²) in [7, 11) is 1.67. The number of hydrogen-bond donors (Lipinski definition) is 1. The van der Waals surface area contributed by atoms with E-state index in [1.807, 2.05) is 59.4 Å². The molecule has 0 saturated heterocycles. The van der Waals surface area contributed by atoms with E-state index in [1.165, 1.54) is 0 Å². The number of methoxy groups -OCH3 is 1. The Labute approximate surface area is 165 Å². The highest BCUT2D eigenvalue weighted by atomic mass is 16.5. The maximum Gasteiger partial charge on any atom is 0.251 e. The van der Waals surface area contributed by atoms with Gasteiger partial charge < -0.3 is 10.1 Å². The van der Waals surface area contributed by atoms with Crippen LogP contribution in [0.1, 0.15) is 47.2 Å². The number of carbonyl (C=O) groups is 1. The average molecular weight is 375 g/mol.